The van der Waals surface area contributed by atoms with E-state index in [1.54, 1.807) is 11.3 Å². The fourth-order valence-corrected chi connectivity index (χ4v) is 7.82. The van der Waals surface area contributed by atoms with Gasteiger partial charge in [-0.1, -0.05) is 13.8 Å². The molecule has 4 aliphatic carbocycles. The van der Waals surface area contributed by atoms with Crippen molar-refractivity contribution >= 4 is 11.3 Å². The number of aromatic nitrogens is 2. The Kier molecular flexibility index (Phi) is 3.04. The van der Waals surface area contributed by atoms with Crippen LogP contribution in [0.15, 0.2) is 0 Å². The van der Waals surface area contributed by atoms with Crippen molar-refractivity contribution in [1.29, 1.82) is 0 Å². The lowest BCUT2D eigenvalue weighted by molar-refractivity contribution is -0.144. The molecule has 3 nitrogen and oxygen atoms in total. The molecular formula is C17H27N3S. The third-order valence-electron chi connectivity index (χ3n) is 6.13. The van der Waals surface area contributed by atoms with E-state index in [2.05, 4.69) is 24.0 Å². The Hall–Kier alpha value is -0.480. The maximum atomic E-state index is 5.63. The fraction of sp³-hybridized carbons (Fsp3) is 0.882. The first-order valence-electron chi connectivity index (χ1n) is 8.43. The lowest BCUT2D eigenvalue weighted by Gasteiger charge is -2.65. The first kappa shape index (κ1) is 14.1. The molecule has 0 saturated heterocycles. The van der Waals surface area contributed by atoms with Crippen molar-refractivity contribution in [3.05, 3.63) is 10.0 Å². The summed E-state index contributed by atoms with van der Waals surface area (Å²) in [5.41, 5.74) is 7.34. The Balaban J connectivity index is 1.59. The summed E-state index contributed by atoms with van der Waals surface area (Å²) in [6.45, 7) is 5.77. The van der Waals surface area contributed by atoms with E-state index in [-0.39, 0.29) is 0 Å². The zero-order valence-electron chi connectivity index (χ0n) is 13.3. The molecule has 4 bridgehead atoms. The topological polar surface area (TPSA) is 51.8 Å². The highest BCUT2D eigenvalue weighted by molar-refractivity contribution is 7.11. The Morgan fingerprint density at radius 3 is 2.33 bits per heavy atom. The summed E-state index contributed by atoms with van der Waals surface area (Å²) in [7, 11) is 0. The molecule has 4 saturated carbocycles. The summed E-state index contributed by atoms with van der Waals surface area (Å²) in [5, 5.41) is 11.2. The molecule has 0 spiro atoms. The van der Waals surface area contributed by atoms with Gasteiger partial charge in [-0.05, 0) is 67.2 Å². The van der Waals surface area contributed by atoms with Crippen LogP contribution in [0.4, 0.5) is 0 Å². The predicted molar refractivity (Wildman–Crippen MR) is 86.2 cm³/mol. The van der Waals surface area contributed by atoms with Crippen molar-refractivity contribution in [1.82, 2.24) is 10.2 Å². The fourth-order valence-electron chi connectivity index (χ4n) is 6.79. The third-order valence-corrected chi connectivity index (χ3v) is 7.12. The monoisotopic (exact) mass is 305 g/mol. The van der Waals surface area contributed by atoms with Crippen molar-refractivity contribution in [3.8, 4) is 0 Å². The summed E-state index contributed by atoms with van der Waals surface area (Å²) >= 11 is 1.80. The minimum Gasteiger partial charge on any atom is -0.330 e. The molecule has 4 fully saturated rings. The van der Waals surface area contributed by atoms with E-state index in [4.69, 9.17) is 5.73 Å². The van der Waals surface area contributed by atoms with Crippen LogP contribution in [0.1, 0.15) is 62.4 Å². The smallest absolute Gasteiger partial charge is 0.118 e. The van der Waals surface area contributed by atoms with Gasteiger partial charge in [0.1, 0.15) is 10.0 Å². The van der Waals surface area contributed by atoms with Crippen LogP contribution in [0.3, 0.4) is 0 Å². The van der Waals surface area contributed by atoms with Crippen molar-refractivity contribution < 1.29 is 0 Å². The molecule has 5 rings (SSSR count). The van der Waals surface area contributed by atoms with Gasteiger partial charge in [0.2, 0.25) is 0 Å². The third kappa shape index (κ3) is 2.44. The molecule has 0 aliphatic heterocycles. The molecule has 0 amide bonds. The average Bonchev–Trinajstić information content (AvgIpc) is 2.71. The number of nitrogens with two attached hydrogens (primary N) is 1. The second kappa shape index (κ2) is 4.51. The maximum Gasteiger partial charge on any atom is 0.118 e. The van der Waals surface area contributed by atoms with E-state index >= 15 is 0 Å². The average molecular weight is 305 g/mol. The maximum absolute atomic E-state index is 5.63. The largest absolute Gasteiger partial charge is 0.330 e. The van der Waals surface area contributed by atoms with Gasteiger partial charge in [-0.3, -0.25) is 0 Å². The quantitative estimate of drug-likeness (QED) is 0.925. The molecule has 0 aromatic carbocycles. The van der Waals surface area contributed by atoms with Gasteiger partial charge in [0, 0.05) is 12.8 Å². The second-order valence-electron chi connectivity index (χ2n) is 8.94. The SMILES string of the molecule is CC12CC3CC(C)(C1)CC(Cc1nnc(CCN)s1)(C3)C2. The van der Waals surface area contributed by atoms with E-state index < -0.39 is 0 Å². The normalized spacial score (nSPS) is 44.4. The number of hydrogen-bond donors (Lipinski definition) is 1. The van der Waals surface area contributed by atoms with Gasteiger partial charge >= 0.3 is 0 Å². The van der Waals surface area contributed by atoms with Gasteiger partial charge in [-0.25, -0.2) is 0 Å². The van der Waals surface area contributed by atoms with E-state index in [9.17, 15) is 0 Å². The minimum absolute atomic E-state index is 0.516. The molecule has 2 N–H and O–H groups in total. The molecule has 1 aromatic rings. The Labute approximate surface area is 131 Å². The highest BCUT2D eigenvalue weighted by atomic mass is 32.1. The minimum atomic E-state index is 0.516. The van der Waals surface area contributed by atoms with Crippen LogP contribution in [0, 0.1) is 22.2 Å². The molecule has 1 heterocycles. The molecule has 21 heavy (non-hydrogen) atoms. The van der Waals surface area contributed by atoms with Gasteiger partial charge in [0.25, 0.3) is 0 Å². The molecule has 4 heteroatoms. The summed E-state index contributed by atoms with van der Waals surface area (Å²) in [4.78, 5) is 0. The van der Waals surface area contributed by atoms with Crippen molar-refractivity contribution in [2.75, 3.05) is 6.54 Å². The lowest BCUT2D eigenvalue weighted by atomic mass is 9.40. The van der Waals surface area contributed by atoms with E-state index in [1.807, 2.05) is 0 Å². The molecule has 4 aliphatic rings. The van der Waals surface area contributed by atoms with Crippen LogP contribution >= 0.6 is 11.3 Å². The number of hydrogen-bond acceptors (Lipinski definition) is 4. The van der Waals surface area contributed by atoms with Gasteiger partial charge in [-0.15, -0.1) is 21.5 Å². The summed E-state index contributed by atoms with van der Waals surface area (Å²) in [6, 6.07) is 0. The lowest BCUT2D eigenvalue weighted by Crippen LogP contribution is -2.55. The highest BCUT2D eigenvalue weighted by Gasteiger charge is 2.59. The Morgan fingerprint density at radius 2 is 1.71 bits per heavy atom. The zero-order chi connectivity index (χ0) is 14.7. The van der Waals surface area contributed by atoms with Crippen LogP contribution in [0.5, 0.6) is 0 Å². The van der Waals surface area contributed by atoms with E-state index in [0.717, 1.165) is 23.8 Å². The first-order valence-corrected chi connectivity index (χ1v) is 9.25. The molecule has 0 radical (unpaired) electrons. The second-order valence-corrected chi connectivity index (χ2v) is 10.1. The summed E-state index contributed by atoms with van der Waals surface area (Å²) < 4.78 is 0. The van der Waals surface area contributed by atoms with Crippen molar-refractivity contribution in [2.24, 2.45) is 27.9 Å². The van der Waals surface area contributed by atoms with Crippen LogP contribution in [-0.4, -0.2) is 16.7 Å². The van der Waals surface area contributed by atoms with Gasteiger partial charge in [-0.2, -0.15) is 0 Å². The van der Waals surface area contributed by atoms with Gasteiger partial charge < -0.3 is 5.73 Å². The van der Waals surface area contributed by atoms with Crippen LogP contribution in [0.25, 0.3) is 0 Å². The van der Waals surface area contributed by atoms with Gasteiger partial charge in [0.15, 0.2) is 0 Å². The molecule has 2 unspecified atom stereocenters. The van der Waals surface area contributed by atoms with Crippen LogP contribution < -0.4 is 5.73 Å². The molecule has 116 valence electrons. The zero-order valence-corrected chi connectivity index (χ0v) is 14.1. The van der Waals surface area contributed by atoms with Crippen LogP contribution in [-0.2, 0) is 12.8 Å². The molecule has 1 aromatic heterocycles. The van der Waals surface area contributed by atoms with Crippen LogP contribution in [0.2, 0.25) is 0 Å². The predicted octanol–water partition coefficient (Wildman–Crippen LogP) is 3.58. The van der Waals surface area contributed by atoms with Gasteiger partial charge in [0.05, 0.1) is 0 Å². The summed E-state index contributed by atoms with van der Waals surface area (Å²) in [5.74, 6) is 0.965. The standard InChI is InChI=1S/C17H27N3S/c1-15-5-12-6-16(2,9-15)11-17(7-12,10-15)8-14-20-19-13(21-14)3-4-18/h12H,3-11,18H2,1-2H3. The number of rotatable bonds is 4. The van der Waals surface area contributed by atoms with E-state index in [1.165, 1.54) is 43.5 Å². The summed E-state index contributed by atoms with van der Waals surface area (Å²) in [6.07, 6.45) is 10.7. The van der Waals surface area contributed by atoms with Crippen molar-refractivity contribution in [2.45, 2.75) is 65.2 Å². The highest BCUT2D eigenvalue weighted by Crippen LogP contribution is 2.70. The van der Waals surface area contributed by atoms with E-state index in [0.29, 0.717) is 22.8 Å². The van der Waals surface area contributed by atoms with Crippen molar-refractivity contribution in [3.63, 3.8) is 0 Å². The number of nitrogens with zero attached hydrogens (tertiary/aromatic N) is 2. The molecular weight excluding hydrogens is 278 g/mol. The first-order chi connectivity index (χ1) is 9.92. The Bertz CT molecular complexity index is 534. The molecule has 2 atom stereocenters. The Morgan fingerprint density at radius 1 is 1.05 bits per heavy atom.